The van der Waals surface area contributed by atoms with Crippen LogP contribution in [0, 0.1) is 34.0 Å². The SMILES string of the molecule is CC1(C)C[C@H]2C[C@@](C)(CN2C[C@H]2C(=O)O[C@@H]3C[C@@]4(C)CCC[C@]5(CO5)[C@H]4C[C@@H]32)C1. The molecule has 0 aromatic carbocycles. The molecule has 4 heteroatoms. The Labute approximate surface area is 176 Å². The fraction of sp³-hybridized carbons (Fsp3) is 0.960. The first-order valence-electron chi connectivity index (χ1n) is 12.2. The topological polar surface area (TPSA) is 42.1 Å². The highest BCUT2D eigenvalue weighted by atomic mass is 16.6. The summed E-state index contributed by atoms with van der Waals surface area (Å²) in [5.41, 5.74) is 1.30. The van der Waals surface area contributed by atoms with Crippen molar-refractivity contribution in [2.75, 3.05) is 19.7 Å². The molecular weight excluding hydrogens is 362 g/mol. The van der Waals surface area contributed by atoms with Gasteiger partial charge in [-0.05, 0) is 73.5 Å². The highest BCUT2D eigenvalue weighted by Crippen LogP contribution is 2.63. The number of epoxide rings is 1. The van der Waals surface area contributed by atoms with Crippen LogP contribution in [0.25, 0.3) is 0 Å². The molecular formula is C25H39NO3. The Hall–Kier alpha value is -0.610. The van der Waals surface area contributed by atoms with Crippen molar-refractivity contribution in [1.29, 1.82) is 0 Å². The van der Waals surface area contributed by atoms with E-state index in [1.54, 1.807) is 0 Å². The largest absolute Gasteiger partial charge is 0.462 e. The monoisotopic (exact) mass is 401 g/mol. The standard InChI is InChI=1S/C25H39NO3/c1-22(2)9-16-10-23(3,13-22)14-26(16)12-18-17-8-20-24(4,11-19(17)29-21(18)27)6-5-7-25(20)15-28-25/h16-20H,5-15H2,1-4H3/t16-,17+,18+,19+,20-,23+,24+,25-/m0/s1. The van der Waals surface area contributed by atoms with Gasteiger partial charge in [-0.1, -0.05) is 27.7 Å². The number of fused-ring (bicyclic) bond motifs is 5. The molecule has 0 aromatic heterocycles. The first-order valence-corrected chi connectivity index (χ1v) is 12.2. The van der Waals surface area contributed by atoms with Crippen LogP contribution in [-0.2, 0) is 14.3 Å². The van der Waals surface area contributed by atoms with Crippen LogP contribution >= 0.6 is 0 Å². The Balaban J connectivity index is 1.22. The summed E-state index contributed by atoms with van der Waals surface area (Å²) in [5.74, 6) is 1.20. The van der Waals surface area contributed by atoms with Crippen LogP contribution in [0.5, 0.6) is 0 Å². The van der Waals surface area contributed by atoms with Crippen molar-refractivity contribution in [1.82, 2.24) is 4.90 Å². The number of hydrogen-bond donors (Lipinski definition) is 0. The molecule has 162 valence electrons. The summed E-state index contributed by atoms with van der Waals surface area (Å²) in [6, 6.07) is 0.650. The van der Waals surface area contributed by atoms with Gasteiger partial charge in [-0.3, -0.25) is 9.69 Å². The van der Waals surface area contributed by atoms with Crippen LogP contribution in [0.3, 0.4) is 0 Å². The molecule has 8 atom stereocenters. The zero-order valence-corrected chi connectivity index (χ0v) is 18.8. The molecule has 3 saturated heterocycles. The van der Waals surface area contributed by atoms with Crippen LogP contribution in [0.4, 0.5) is 0 Å². The predicted octanol–water partition coefficient (Wildman–Crippen LogP) is 4.41. The summed E-state index contributed by atoms with van der Waals surface area (Å²) in [6.45, 7) is 12.8. The molecule has 0 N–H and O–H groups in total. The average molecular weight is 402 g/mol. The quantitative estimate of drug-likeness (QED) is 0.508. The molecule has 0 amide bonds. The summed E-state index contributed by atoms with van der Waals surface area (Å²) < 4.78 is 12.1. The molecule has 4 nitrogen and oxygen atoms in total. The molecule has 3 saturated carbocycles. The maximum Gasteiger partial charge on any atom is 0.310 e. The van der Waals surface area contributed by atoms with Gasteiger partial charge in [0.1, 0.15) is 6.10 Å². The van der Waals surface area contributed by atoms with Gasteiger partial charge in [-0.25, -0.2) is 0 Å². The van der Waals surface area contributed by atoms with E-state index in [2.05, 4.69) is 32.6 Å². The third kappa shape index (κ3) is 2.87. The van der Waals surface area contributed by atoms with E-state index in [0.717, 1.165) is 32.5 Å². The van der Waals surface area contributed by atoms with Gasteiger partial charge in [0, 0.05) is 25.0 Å². The van der Waals surface area contributed by atoms with Gasteiger partial charge in [-0.2, -0.15) is 0 Å². The van der Waals surface area contributed by atoms with Gasteiger partial charge < -0.3 is 9.47 Å². The maximum atomic E-state index is 13.0. The van der Waals surface area contributed by atoms with Crippen molar-refractivity contribution in [2.24, 2.45) is 34.0 Å². The number of hydrogen-bond acceptors (Lipinski definition) is 4. The number of carbonyl (C=O) groups excluding carboxylic acids is 1. The number of rotatable bonds is 2. The minimum absolute atomic E-state index is 0.0772. The van der Waals surface area contributed by atoms with E-state index in [4.69, 9.17) is 9.47 Å². The minimum atomic E-state index is 0.0772. The average Bonchev–Trinajstić information content (AvgIpc) is 3.23. The van der Waals surface area contributed by atoms with Crippen molar-refractivity contribution in [3.05, 3.63) is 0 Å². The lowest BCUT2D eigenvalue weighted by atomic mass is 9.53. The number of ether oxygens (including phenoxy) is 2. The third-order valence-corrected chi connectivity index (χ3v) is 10.0. The van der Waals surface area contributed by atoms with Gasteiger partial charge in [0.05, 0.1) is 18.1 Å². The van der Waals surface area contributed by atoms with Crippen LogP contribution in [0.1, 0.15) is 79.1 Å². The molecule has 0 unspecified atom stereocenters. The van der Waals surface area contributed by atoms with Gasteiger partial charge in [-0.15, -0.1) is 0 Å². The predicted molar refractivity (Wildman–Crippen MR) is 111 cm³/mol. The zero-order valence-electron chi connectivity index (χ0n) is 18.8. The molecule has 3 aliphatic heterocycles. The van der Waals surface area contributed by atoms with E-state index in [1.165, 1.54) is 38.5 Å². The second kappa shape index (κ2) is 5.79. The molecule has 2 bridgehead atoms. The van der Waals surface area contributed by atoms with Crippen LogP contribution in [0.15, 0.2) is 0 Å². The maximum absolute atomic E-state index is 13.0. The van der Waals surface area contributed by atoms with E-state index < -0.39 is 0 Å². The second-order valence-corrected chi connectivity index (χ2v) is 13.2. The normalized spacial score (nSPS) is 55.4. The lowest BCUT2D eigenvalue weighted by molar-refractivity contribution is -0.147. The minimum Gasteiger partial charge on any atom is -0.462 e. The summed E-state index contributed by atoms with van der Waals surface area (Å²) in [5, 5.41) is 0. The Morgan fingerprint density at radius 1 is 1.10 bits per heavy atom. The van der Waals surface area contributed by atoms with Crippen molar-refractivity contribution in [2.45, 2.75) is 96.8 Å². The first-order chi connectivity index (χ1) is 13.6. The van der Waals surface area contributed by atoms with Crippen LogP contribution in [-0.4, -0.2) is 48.3 Å². The van der Waals surface area contributed by atoms with Gasteiger partial charge in [0.15, 0.2) is 0 Å². The van der Waals surface area contributed by atoms with E-state index in [-0.39, 0.29) is 23.6 Å². The van der Waals surface area contributed by atoms with Crippen LogP contribution in [0.2, 0.25) is 0 Å². The smallest absolute Gasteiger partial charge is 0.310 e. The molecule has 29 heavy (non-hydrogen) atoms. The van der Waals surface area contributed by atoms with E-state index in [9.17, 15) is 4.79 Å². The fourth-order valence-corrected chi connectivity index (χ4v) is 9.21. The number of carbonyl (C=O) groups is 1. The van der Waals surface area contributed by atoms with Crippen molar-refractivity contribution in [3.63, 3.8) is 0 Å². The highest BCUT2D eigenvalue weighted by Gasteiger charge is 2.65. The first kappa shape index (κ1) is 19.1. The number of likely N-dealkylation sites (tertiary alicyclic amines) is 1. The molecule has 0 aromatic rings. The Bertz CT molecular complexity index is 730. The van der Waals surface area contributed by atoms with Crippen molar-refractivity contribution in [3.8, 4) is 0 Å². The van der Waals surface area contributed by atoms with Gasteiger partial charge >= 0.3 is 5.97 Å². The molecule has 6 aliphatic rings. The molecule has 3 aliphatic carbocycles. The number of esters is 1. The zero-order chi connectivity index (χ0) is 20.2. The fourth-order valence-electron chi connectivity index (χ4n) is 9.21. The summed E-state index contributed by atoms with van der Waals surface area (Å²) >= 11 is 0. The lowest BCUT2D eigenvalue weighted by Crippen LogP contribution is -2.51. The Kier molecular flexibility index (Phi) is 3.82. The summed E-state index contributed by atoms with van der Waals surface area (Å²) in [6.07, 6.45) is 10.0. The molecule has 0 radical (unpaired) electrons. The van der Waals surface area contributed by atoms with Crippen molar-refractivity contribution >= 4 is 5.97 Å². The van der Waals surface area contributed by atoms with Crippen LogP contribution < -0.4 is 0 Å². The lowest BCUT2D eigenvalue weighted by Gasteiger charge is -2.51. The molecule has 1 spiro atoms. The Morgan fingerprint density at radius 3 is 2.66 bits per heavy atom. The summed E-state index contributed by atoms with van der Waals surface area (Å²) in [7, 11) is 0. The summed E-state index contributed by atoms with van der Waals surface area (Å²) in [4.78, 5) is 15.7. The third-order valence-electron chi connectivity index (χ3n) is 10.0. The second-order valence-electron chi connectivity index (χ2n) is 13.2. The van der Waals surface area contributed by atoms with E-state index in [0.29, 0.717) is 34.1 Å². The van der Waals surface area contributed by atoms with E-state index in [1.807, 2.05) is 0 Å². The molecule has 6 fully saturated rings. The molecule has 6 rings (SSSR count). The van der Waals surface area contributed by atoms with Gasteiger partial charge in [0.25, 0.3) is 0 Å². The number of nitrogens with zero attached hydrogens (tertiary/aromatic N) is 1. The van der Waals surface area contributed by atoms with Gasteiger partial charge in [0.2, 0.25) is 0 Å². The molecule has 3 heterocycles. The van der Waals surface area contributed by atoms with Crippen molar-refractivity contribution < 1.29 is 14.3 Å². The highest BCUT2D eigenvalue weighted by molar-refractivity contribution is 5.75. The van der Waals surface area contributed by atoms with E-state index >= 15 is 0 Å². The Morgan fingerprint density at radius 2 is 1.90 bits per heavy atom.